The van der Waals surface area contributed by atoms with Gasteiger partial charge in [0.1, 0.15) is 5.75 Å². The molecule has 0 bridgehead atoms. The Morgan fingerprint density at radius 2 is 2.06 bits per heavy atom. The number of allylic oxidation sites excluding steroid dienone is 2. The smallest absolute Gasteiger partial charge is 0.248 e. The standard InChI is InChI=1S/C27H39NO3/c1-18(16-25(30)28-20-8-7-9-21(17-20)31-6)10-12-22-19(2)11-13-23-26(3,4)24(29)14-15-27(22,23)5/h7-9,16-17,22-24,29H,2,10-15H2,1,3-6H3,(H,28,30)/t22-,23-,24-,27+/m1/s1. The normalized spacial score (nSPS) is 30.5. The summed E-state index contributed by atoms with van der Waals surface area (Å²) in [4.78, 5) is 12.5. The zero-order valence-electron chi connectivity index (χ0n) is 19.8. The van der Waals surface area contributed by atoms with Crippen LogP contribution in [0.5, 0.6) is 5.75 Å². The van der Waals surface area contributed by atoms with Crippen LogP contribution in [0.15, 0.2) is 48.1 Å². The highest BCUT2D eigenvalue weighted by Crippen LogP contribution is 2.61. The van der Waals surface area contributed by atoms with E-state index in [4.69, 9.17) is 4.74 Å². The summed E-state index contributed by atoms with van der Waals surface area (Å²) < 4.78 is 5.22. The highest BCUT2D eigenvalue weighted by atomic mass is 16.5. The number of carbonyl (C=O) groups is 1. The highest BCUT2D eigenvalue weighted by molar-refractivity contribution is 5.99. The zero-order chi connectivity index (χ0) is 22.8. The maximum atomic E-state index is 12.5. The van der Waals surface area contributed by atoms with Crippen LogP contribution in [-0.2, 0) is 4.79 Å². The van der Waals surface area contributed by atoms with Crippen molar-refractivity contribution in [3.05, 3.63) is 48.1 Å². The Morgan fingerprint density at radius 1 is 1.32 bits per heavy atom. The number of fused-ring (bicyclic) bond motifs is 1. The molecule has 0 unspecified atom stereocenters. The Balaban J connectivity index is 1.65. The molecule has 170 valence electrons. The first-order valence-corrected chi connectivity index (χ1v) is 11.6. The number of ether oxygens (including phenoxy) is 1. The molecular formula is C27H39NO3. The summed E-state index contributed by atoms with van der Waals surface area (Å²) in [5.41, 5.74) is 3.26. The number of anilines is 1. The Labute approximate surface area is 187 Å². The lowest BCUT2D eigenvalue weighted by atomic mass is 9.46. The minimum absolute atomic E-state index is 0.0620. The fraction of sp³-hybridized carbons (Fsp3) is 0.593. The number of rotatable bonds is 6. The second-order valence-corrected chi connectivity index (χ2v) is 10.4. The van der Waals surface area contributed by atoms with Crippen LogP contribution in [0.3, 0.4) is 0 Å². The Kier molecular flexibility index (Phi) is 7.00. The van der Waals surface area contributed by atoms with Crippen LogP contribution in [0.4, 0.5) is 5.69 Å². The molecule has 2 aliphatic rings. The number of aliphatic hydroxyl groups is 1. The Hall–Kier alpha value is -2.07. The molecule has 1 aromatic carbocycles. The molecule has 31 heavy (non-hydrogen) atoms. The minimum Gasteiger partial charge on any atom is -0.497 e. The maximum absolute atomic E-state index is 12.5. The van der Waals surface area contributed by atoms with Crippen molar-refractivity contribution < 1.29 is 14.6 Å². The van der Waals surface area contributed by atoms with Crippen molar-refractivity contribution in [2.45, 2.75) is 72.3 Å². The van der Waals surface area contributed by atoms with E-state index in [0.29, 0.717) is 11.8 Å². The van der Waals surface area contributed by atoms with E-state index in [-0.39, 0.29) is 22.8 Å². The summed E-state index contributed by atoms with van der Waals surface area (Å²) in [6, 6.07) is 7.38. The van der Waals surface area contributed by atoms with E-state index in [1.807, 2.05) is 31.2 Å². The van der Waals surface area contributed by atoms with Crippen LogP contribution in [0.25, 0.3) is 0 Å². The Morgan fingerprint density at radius 3 is 2.77 bits per heavy atom. The largest absolute Gasteiger partial charge is 0.497 e. The third kappa shape index (κ3) is 4.90. The van der Waals surface area contributed by atoms with E-state index in [0.717, 1.165) is 55.5 Å². The SMILES string of the molecule is C=C1CC[C@@H]2C(C)(C)[C@H](O)CC[C@@]2(C)[C@@H]1CCC(C)=CC(=O)Nc1cccc(OC)c1. The topological polar surface area (TPSA) is 58.6 Å². The fourth-order valence-corrected chi connectivity index (χ4v) is 6.25. The zero-order valence-corrected chi connectivity index (χ0v) is 19.8. The maximum Gasteiger partial charge on any atom is 0.248 e. The minimum atomic E-state index is -0.223. The first kappa shape index (κ1) is 23.6. The second kappa shape index (κ2) is 9.20. The molecule has 2 saturated carbocycles. The van der Waals surface area contributed by atoms with Crippen LogP contribution < -0.4 is 10.1 Å². The molecule has 4 atom stereocenters. The van der Waals surface area contributed by atoms with Crippen LogP contribution >= 0.6 is 0 Å². The average Bonchev–Trinajstić information content (AvgIpc) is 2.70. The van der Waals surface area contributed by atoms with Crippen molar-refractivity contribution in [2.75, 3.05) is 12.4 Å². The van der Waals surface area contributed by atoms with Gasteiger partial charge in [-0.2, -0.15) is 0 Å². The van der Waals surface area contributed by atoms with Gasteiger partial charge in [-0.25, -0.2) is 0 Å². The molecule has 2 aliphatic carbocycles. The lowest BCUT2D eigenvalue weighted by molar-refractivity contribution is -0.124. The van der Waals surface area contributed by atoms with Crippen molar-refractivity contribution >= 4 is 11.6 Å². The summed E-state index contributed by atoms with van der Waals surface area (Å²) >= 11 is 0. The number of hydrogen-bond donors (Lipinski definition) is 2. The summed E-state index contributed by atoms with van der Waals surface area (Å²) in [7, 11) is 1.61. The highest BCUT2D eigenvalue weighted by Gasteiger charge is 2.55. The molecule has 1 amide bonds. The van der Waals surface area contributed by atoms with Crippen LogP contribution in [0.1, 0.15) is 66.2 Å². The van der Waals surface area contributed by atoms with Gasteiger partial charge >= 0.3 is 0 Å². The van der Waals surface area contributed by atoms with Gasteiger partial charge in [0.2, 0.25) is 5.91 Å². The summed E-state index contributed by atoms with van der Waals surface area (Å²) in [5, 5.41) is 13.6. The van der Waals surface area contributed by atoms with Gasteiger partial charge in [0, 0.05) is 17.8 Å². The quantitative estimate of drug-likeness (QED) is 0.426. The first-order chi connectivity index (χ1) is 14.6. The van der Waals surface area contributed by atoms with Gasteiger partial charge in [-0.3, -0.25) is 4.79 Å². The number of carbonyl (C=O) groups excluding carboxylic acids is 1. The molecule has 4 heteroatoms. The van der Waals surface area contributed by atoms with Gasteiger partial charge in [0.05, 0.1) is 13.2 Å². The predicted molar refractivity (Wildman–Crippen MR) is 127 cm³/mol. The molecule has 0 aliphatic heterocycles. The molecule has 1 aromatic rings. The second-order valence-electron chi connectivity index (χ2n) is 10.4. The van der Waals surface area contributed by atoms with E-state index in [2.05, 4.69) is 32.7 Å². The van der Waals surface area contributed by atoms with Crippen molar-refractivity contribution in [3.63, 3.8) is 0 Å². The third-order valence-electron chi connectivity index (χ3n) is 8.09. The molecule has 0 saturated heterocycles. The molecule has 0 spiro atoms. The molecular weight excluding hydrogens is 386 g/mol. The lowest BCUT2D eigenvalue weighted by Gasteiger charge is -2.59. The predicted octanol–water partition coefficient (Wildman–Crippen LogP) is 6.13. The van der Waals surface area contributed by atoms with Crippen molar-refractivity contribution in [1.82, 2.24) is 0 Å². The lowest BCUT2D eigenvalue weighted by Crippen LogP contribution is -2.54. The van der Waals surface area contributed by atoms with E-state index in [1.165, 1.54) is 5.57 Å². The molecule has 2 fully saturated rings. The number of amides is 1. The molecule has 4 nitrogen and oxygen atoms in total. The van der Waals surface area contributed by atoms with Crippen molar-refractivity contribution in [1.29, 1.82) is 0 Å². The van der Waals surface area contributed by atoms with Crippen LogP contribution in [0.2, 0.25) is 0 Å². The molecule has 0 radical (unpaired) electrons. The molecule has 3 rings (SSSR count). The fourth-order valence-electron chi connectivity index (χ4n) is 6.25. The molecule has 0 aromatic heterocycles. The van der Waals surface area contributed by atoms with Crippen molar-refractivity contribution in [3.8, 4) is 5.75 Å². The van der Waals surface area contributed by atoms with E-state index >= 15 is 0 Å². The van der Waals surface area contributed by atoms with Gasteiger partial charge < -0.3 is 15.2 Å². The van der Waals surface area contributed by atoms with Gasteiger partial charge in [-0.1, -0.05) is 44.6 Å². The van der Waals surface area contributed by atoms with Crippen LogP contribution in [-0.4, -0.2) is 24.2 Å². The average molecular weight is 426 g/mol. The monoisotopic (exact) mass is 425 g/mol. The third-order valence-corrected chi connectivity index (χ3v) is 8.09. The number of hydrogen-bond acceptors (Lipinski definition) is 3. The first-order valence-electron chi connectivity index (χ1n) is 11.6. The summed E-state index contributed by atoms with van der Waals surface area (Å²) in [5.74, 6) is 1.54. The molecule has 0 heterocycles. The van der Waals surface area contributed by atoms with E-state index in [9.17, 15) is 9.90 Å². The number of benzene rings is 1. The van der Waals surface area contributed by atoms with Gasteiger partial charge in [-0.15, -0.1) is 0 Å². The van der Waals surface area contributed by atoms with E-state index < -0.39 is 0 Å². The summed E-state index contributed by atoms with van der Waals surface area (Å²) in [6.45, 7) is 13.4. The summed E-state index contributed by atoms with van der Waals surface area (Å²) in [6.07, 6.45) is 7.44. The Bertz CT molecular complexity index is 856. The van der Waals surface area contributed by atoms with Gasteiger partial charge in [-0.05, 0) is 80.2 Å². The number of nitrogens with one attached hydrogen (secondary N) is 1. The van der Waals surface area contributed by atoms with Gasteiger partial charge in [0.25, 0.3) is 0 Å². The van der Waals surface area contributed by atoms with E-state index in [1.54, 1.807) is 13.2 Å². The number of methoxy groups -OCH3 is 1. The van der Waals surface area contributed by atoms with Crippen molar-refractivity contribution in [2.24, 2.45) is 22.7 Å². The number of aliphatic hydroxyl groups excluding tert-OH is 1. The molecule has 2 N–H and O–H groups in total. The van der Waals surface area contributed by atoms with Crippen LogP contribution in [0, 0.1) is 22.7 Å². The van der Waals surface area contributed by atoms with Gasteiger partial charge in [0.15, 0.2) is 0 Å².